The molecule has 0 bridgehead atoms. The first kappa shape index (κ1) is 13.1. The number of aromatic nitrogens is 1. The summed E-state index contributed by atoms with van der Waals surface area (Å²) in [5.74, 6) is 1.59. The lowest BCUT2D eigenvalue weighted by Crippen LogP contribution is -2.44. The maximum absolute atomic E-state index is 12.1. The Morgan fingerprint density at radius 2 is 2.11 bits per heavy atom. The largest absolute Gasteiger partial charge is 0.444 e. The van der Waals surface area contributed by atoms with Crippen molar-refractivity contribution in [2.75, 3.05) is 13.1 Å². The summed E-state index contributed by atoms with van der Waals surface area (Å²) < 4.78 is 5.45. The van der Waals surface area contributed by atoms with Crippen molar-refractivity contribution in [3.8, 4) is 0 Å². The molecule has 1 aliphatic rings. The third-order valence-corrected chi connectivity index (χ3v) is 3.30. The highest BCUT2D eigenvalue weighted by Gasteiger charge is 2.25. The van der Waals surface area contributed by atoms with E-state index in [9.17, 15) is 4.79 Å². The van der Waals surface area contributed by atoms with Crippen molar-refractivity contribution in [2.24, 2.45) is 0 Å². The van der Waals surface area contributed by atoms with Gasteiger partial charge in [-0.15, -0.1) is 0 Å². The number of amides is 1. The van der Waals surface area contributed by atoms with Crippen LogP contribution in [0.5, 0.6) is 0 Å². The van der Waals surface area contributed by atoms with E-state index in [0.29, 0.717) is 5.89 Å². The van der Waals surface area contributed by atoms with Gasteiger partial charge in [-0.2, -0.15) is 0 Å². The molecule has 1 aliphatic heterocycles. The number of carbonyl (C=O) groups is 1. The summed E-state index contributed by atoms with van der Waals surface area (Å²) >= 11 is 0. The molecule has 1 aromatic heterocycles. The van der Waals surface area contributed by atoms with Crippen LogP contribution in [0, 0.1) is 6.92 Å². The second-order valence-electron chi connectivity index (χ2n) is 4.95. The van der Waals surface area contributed by atoms with Gasteiger partial charge < -0.3 is 9.32 Å². The molecule has 100 valence electrons. The van der Waals surface area contributed by atoms with Crippen LogP contribution in [0.3, 0.4) is 0 Å². The fourth-order valence-corrected chi connectivity index (χ4v) is 2.30. The maximum atomic E-state index is 12.1. The van der Waals surface area contributed by atoms with Crippen molar-refractivity contribution in [2.45, 2.75) is 45.7 Å². The number of aryl methyl sites for hydroxylation is 1. The molecule has 1 fully saturated rings. The number of hydrogen-bond acceptors (Lipinski definition) is 4. The molecule has 2 atom stereocenters. The molecule has 1 N–H and O–H groups in total. The van der Waals surface area contributed by atoms with Crippen LogP contribution in [0.1, 0.15) is 44.4 Å². The average molecular weight is 251 g/mol. The smallest absolute Gasteiger partial charge is 0.239 e. The maximum Gasteiger partial charge on any atom is 0.239 e. The molecule has 18 heavy (non-hydrogen) atoms. The van der Waals surface area contributed by atoms with Crippen molar-refractivity contribution in [1.29, 1.82) is 0 Å². The normalized spacial score (nSPS) is 18.9. The zero-order chi connectivity index (χ0) is 13.1. The Hall–Kier alpha value is -1.36. The van der Waals surface area contributed by atoms with Crippen LogP contribution in [-0.2, 0) is 4.79 Å². The summed E-state index contributed by atoms with van der Waals surface area (Å²) in [6.07, 6.45) is 3.93. The van der Waals surface area contributed by atoms with Gasteiger partial charge in [-0.05, 0) is 33.6 Å². The molecule has 2 unspecified atom stereocenters. The van der Waals surface area contributed by atoms with Gasteiger partial charge in [-0.25, -0.2) is 4.98 Å². The number of likely N-dealkylation sites (tertiary alicyclic amines) is 1. The van der Waals surface area contributed by atoms with Crippen LogP contribution >= 0.6 is 0 Å². The molecule has 0 aliphatic carbocycles. The molecular weight excluding hydrogens is 230 g/mol. The van der Waals surface area contributed by atoms with E-state index in [-0.39, 0.29) is 18.0 Å². The fraction of sp³-hybridized carbons (Fsp3) is 0.692. The lowest BCUT2D eigenvalue weighted by molar-refractivity contribution is -0.132. The van der Waals surface area contributed by atoms with Crippen LogP contribution in [-0.4, -0.2) is 34.9 Å². The quantitative estimate of drug-likeness (QED) is 0.884. The van der Waals surface area contributed by atoms with E-state index in [0.717, 1.165) is 31.7 Å². The highest BCUT2D eigenvalue weighted by molar-refractivity contribution is 5.81. The lowest BCUT2D eigenvalue weighted by atomic mass is 10.2. The molecule has 2 rings (SSSR count). The second kappa shape index (κ2) is 5.52. The Morgan fingerprint density at radius 3 is 2.67 bits per heavy atom. The van der Waals surface area contributed by atoms with Crippen LogP contribution in [0.4, 0.5) is 0 Å². The van der Waals surface area contributed by atoms with Crippen molar-refractivity contribution >= 4 is 5.91 Å². The number of nitrogens with zero attached hydrogens (tertiary/aromatic N) is 2. The Labute approximate surface area is 108 Å². The molecule has 0 saturated carbocycles. The van der Waals surface area contributed by atoms with E-state index in [2.05, 4.69) is 10.3 Å². The monoisotopic (exact) mass is 251 g/mol. The van der Waals surface area contributed by atoms with Gasteiger partial charge in [0.15, 0.2) is 0 Å². The van der Waals surface area contributed by atoms with Gasteiger partial charge in [0.05, 0.1) is 18.3 Å². The van der Waals surface area contributed by atoms with Crippen molar-refractivity contribution in [3.63, 3.8) is 0 Å². The number of nitrogens with one attached hydrogen (secondary N) is 1. The van der Waals surface area contributed by atoms with Crippen LogP contribution in [0.2, 0.25) is 0 Å². The Morgan fingerprint density at radius 1 is 1.44 bits per heavy atom. The summed E-state index contributed by atoms with van der Waals surface area (Å²) in [4.78, 5) is 18.2. The third-order valence-electron chi connectivity index (χ3n) is 3.30. The van der Waals surface area contributed by atoms with Crippen LogP contribution in [0.25, 0.3) is 0 Å². The molecule has 0 spiro atoms. The van der Waals surface area contributed by atoms with Gasteiger partial charge in [0.1, 0.15) is 5.76 Å². The molecule has 1 aromatic rings. The molecule has 1 amide bonds. The van der Waals surface area contributed by atoms with E-state index >= 15 is 0 Å². The summed E-state index contributed by atoms with van der Waals surface area (Å²) in [7, 11) is 0. The molecule has 0 aromatic carbocycles. The summed E-state index contributed by atoms with van der Waals surface area (Å²) in [6.45, 7) is 7.49. The second-order valence-corrected chi connectivity index (χ2v) is 4.95. The molecule has 1 saturated heterocycles. The lowest BCUT2D eigenvalue weighted by Gasteiger charge is -2.23. The molecule has 2 heterocycles. The predicted molar refractivity (Wildman–Crippen MR) is 68.1 cm³/mol. The minimum Gasteiger partial charge on any atom is -0.444 e. The molecule has 0 radical (unpaired) electrons. The van der Waals surface area contributed by atoms with E-state index in [1.54, 1.807) is 6.20 Å². The minimum absolute atomic E-state index is 0.0553. The molecular formula is C13H21N3O2. The van der Waals surface area contributed by atoms with Gasteiger partial charge in [0.2, 0.25) is 11.8 Å². The Balaban J connectivity index is 1.90. The topological polar surface area (TPSA) is 58.4 Å². The highest BCUT2D eigenvalue weighted by Crippen LogP contribution is 2.14. The minimum atomic E-state index is -0.203. The highest BCUT2D eigenvalue weighted by atomic mass is 16.4. The van der Waals surface area contributed by atoms with Crippen molar-refractivity contribution in [3.05, 3.63) is 17.8 Å². The van der Waals surface area contributed by atoms with E-state index in [1.165, 1.54) is 0 Å². The van der Waals surface area contributed by atoms with Crippen LogP contribution < -0.4 is 5.32 Å². The summed E-state index contributed by atoms with van der Waals surface area (Å²) in [5, 5.41) is 3.24. The van der Waals surface area contributed by atoms with Gasteiger partial charge in [-0.3, -0.25) is 10.1 Å². The van der Waals surface area contributed by atoms with Gasteiger partial charge >= 0.3 is 0 Å². The Kier molecular flexibility index (Phi) is 4.01. The fourth-order valence-electron chi connectivity index (χ4n) is 2.30. The first-order valence-electron chi connectivity index (χ1n) is 6.55. The summed E-state index contributed by atoms with van der Waals surface area (Å²) in [6, 6.07) is -0.259. The molecule has 5 nitrogen and oxygen atoms in total. The molecule has 5 heteroatoms. The van der Waals surface area contributed by atoms with Gasteiger partial charge in [0.25, 0.3) is 0 Å². The standard InChI is InChI=1S/C13H21N3O2/c1-9-8-14-12(18-9)10(2)15-11(3)13(17)16-6-4-5-7-16/h8,10-11,15H,4-7H2,1-3H3. The van der Waals surface area contributed by atoms with Crippen molar-refractivity contribution < 1.29 is 9.21 Å². The third kappa shape index (κ3) is 2.90. The number of rotatable bonds is 4. The Bertz CT molecular complexity index is 410. The summed E-state index contributed by atoms with van der Waals surface area (Å²) in [5.41, 5.74) is 0. The van der Waals surface area contributed by atoms with E-state index in [1.807, 2.05) is 25.7 Å². The number of hydrogen-bond donors (Lipinski definition) is 1. The first-order chi connectivity index (χ1) is 8.58. The van der Waals surface area contributed by atoms with Crippen LogP contribution in [0.15, 0.2) is 10.6 Å². The number of carbonyl (C=O) groups excluding carboxylic acids is 1. The van der Waals surface area contributed by atoms with Gasteiger partial charge in [-0.1, -0.05) is 0 Å². The average Bonchev–Trinajstić information content (AvgIpc) is 2.98. The van der Waals surface area contributed by atoms with Gasteiger partial charge in [0, 0.05) is 13.1 Å². The predicted octanol–water partition coefficient (Wildman–Crippen LogP) is 1.64. The van der Waals surface area contributed by atoms with Crippen molar-refractivity contribution in [1.82, 2.24) is 15.2 Å². The SMILES string of the molecule is Cc1cnc(C(C)NC(C)C(=O)N2CCCC2)o1. The zero-order valence-electron chi connectivity index (χ0n) is 11.3. The first-order valence-corrected chi connectivity index (χ1v) is 6.55. The zero-order valence-corrected chi connectivity index (χ0v) is 11.3. The number of oxazole rings is 1. The van der Waals surface area contributed by atoms with E-state index in [4.69, 9.17) is 4.42 Å². The van der Waals surface area contributed by atoms with E-state index < -0.39 is 0 Å².